The smallest absolute Gasteiger partial charge is 0.273 e. The van der Waals surface area contributed by atoms with E-state index in [1.165, 1.54) is 30.4 Å². The number of sulfonamides is 1. The fraction of sp³-hybridized carbons (Fsp3) is 0.353. The van der Waals surface area contributed by atoms with Gasteiger partial charge in [0.15, 0.2) is 0 Å². The Hall–Kier alpha value is -2.46. The lowest BCUT2D eigenvalue weighted by Crippen LogP contribution is -2.19. The number of benzene rings is 1. The Morgan fingerprint density at radius 3 is 2.74 bits per heavy atom. The first-order valence-corrected chi connectivity index (χ1v) is 10.6. The lowest BCUT2D eigenvalue weighted by Gasteiger charge is -2.18. The normalized spacial score (nSPS) is 16.6. The maximum Gasteiger partial charge on any atom is 0.273 e. The van der Waals surface area contributed by atoms with E-state index in [-0.39, 0.29) is 21.1 Å². The molecule has 0 fully saturated rings. The lowest BCUT2D eigenvalue weighted by atomic mass is 9.88. The number of thiophene rings is 1. The van der Waals surface area contributed by atoms with Crippen LogP contribution in [-0.4, -0.2) is 19.2 Å². The molecule has 1 aliphatic carbocycles. The monoisotopic (exact) mass is 409 g/mol. The summed E-state index contributed by atoms with van der Waals surface area (Å²) in [6.45, 7) is 3.63. The van der Waals surface area contributed by atoms with Crippen LogP contribution in [0.3, 0.4) is 0 Å². The molecule has 0 bridgehead atoms. The van der Waals surface area contributed by atoms with Gasteiger partial charge in [0.25, 0.3) is 21.6 Å². The van der Waals surface area contributed by atoms with E-state index in [1.54, 1.807) is 0 Å². The number of nitro groups is 1. The molecule has 1 atom stereocenters. The molecule has 1 amide bonds. The molecule has 0 radical (unpaired) electrons. The van der Waals surface area contributed by atoms with E-state index in [0.29, 0.717) is 17.9 Å². The van der Waals surface area contributed by atoms with Crippen molar-refractivity contribution in [2.24, 2.45) is 11.7 Å². The molecule has 0 spiro atoms. The van der Waals surface area contributed by atoms with Crippen LogP contribution < -0.4 is 10.5 Å². The number of rotatable bonds is 5. The van der Waals surface area contributed by atoms with E-state index < -0.39 is 20.9 Å². The molecule has 27 heavy (non-hydrogen) atoms. The van der Waals surface area contributed by atoms with Gasteiger partial charge < -0.3 is 5.73 Å². The van der Waals surface area contributed by atoms with Gasteiger partial charge in [-0.05, 0) is 43.7 Å². The Labute approximate surface area is 160 Å². The summed E-state index contributed by atoms with van der Waals surface area (Å²) in [5, 5.41) is 11.3. The van der Waals surface area contributed by atoms with Crippen LogP contribution in [0.1, 0.15) is 39.7 Å². The van der Waals surface area contributed by atoms with E-state index in [9.17, 15) is 23.3 Å². The Morgan fingerprint density at radius 1 is 1.41 bits per heavy atom. The third-order valence-corrected chi connectivity index (χ3v) is 7.32. The summed E-state index contributed by atoms with van der Waals surface area (Å²) < 4.78 is 27.9. The van der Waals surface area contributed by atoms with Crippen molar-refractivity contribution in [1.29, 1.82) is 0 Å². The summed E-state index contributed by atoms with van der Waals surface area (Å²) in [6, 6.07) is 3.68. The van der Waals surface area contributed by atoms with Crippen LogP contribution in [-0.2, 0) is 22.9 Å². The molecule has 1 unspecified atom stereocenters. The molecule has 1 aromatic heterocycles. The number of primary amides is 1. The first kappa shape index (κ1) is 19.3. The number of nitrogens with two attached hydrogens (primary N) is 1. The van der Waals surface area contributed by atoms with Crippen LogP contribution in [0.5, 0.6) is 0 Å². The van der Waals surface area contributed by atoms with Crippen molar-refractivity contribution < 1.29 is 18.1 Å². The number of hydrogen-bond donors (Lipinski definition) is 2. The van der Waals surface area contributed by atoms with Gasteiger partial charge in [0, 0.05) is 16.5 Å². The molecule has 8 nitrogen and oxygen atoms in total. The number of nitrogens with one attached hydrogen (secondary N) is 1. The quantitative estimate of drug-likeness (QED) is 0.578. The molecular formula is C17H19N3O5S2. The number of aryl methyl sites for hydroxylation is 1. The number of amides is 1. The van der Waals surface area contributed by atoms with Gasteiger partial charge >= 0.3 is 0 Å². The van der Waals surface area contributed by atoms with Crippen molar-refractivity contribution >= 4 is 38.0 Å². The maximum atomic E-state index is 12.8. The average molecular weight is 409 g/mol. The first-order chi connectivity index (χ1) is 12.6. The summed E-state index contributed by atoms with van der Waals surface area (Å²) in [5.74, 6) is -0.240. The van der Waals surface area contributed by atoms with Crippen molar-refractivity contribution in [3.8, 4) is 0 Å². The summed E-state index contributed by atoms with van der Waals surface area (Å²) >= 11 is 1.20. The van der Waals surface area contributed by atoms with Crippen molar-refractivity contribution in [2.75, 3.05) is 4.72 Å². The number of carbonyl (C=O) groups is 1. The van der Waals surface area contributed by atoms with Crippen LogP contribution in [0.25, 0.3) is 0 Å². The molecular weight excluding hydrogens is 390 g/mol. The summed E-state index contributed by atoms with van der Waals surface area (Å²) in [6.07, 6.45) is 2.33. The number of hydrogen-bond acceptors (Lipinski definition) is 6. The highest BCUT2D eigenvalue weighted by Gasteiger charge is 2.29. The molecule has 2 aromatic rings. The Morgan fingerprint density at radius 2 is 2.11 bits per heavy atom. The first-order valence-electron chi connectivity index (χ1n) is 8.32. The average Bonchev–Trinajstić information content (AvgIpc) is 2.90. The zero-order valence-corrected chi connectivity index (χ0v) is 16.4. The standard InChI is InChI=1S/C17H19N3O5S2/c1-9-3-6-12-14(7-9)26-17(15(12)16(18)21)19-27(24,25)11-5-4-10(2)13(8-11)20(22)23/h4-5,8-9,19H,3,6-7H2,1-2H3,(H2,18,21). The van der Waals surface area contributed by atoms with Gasteiger partial charge in [0.2, 0.25) is 0 Å². The van der Waals surface area contributed by atoms with Crippen LogP contribution >= 0.6 is 11.3 Å². The summed E-state index contributed by atoms with van der Waals surface area (Å²) in [7, 11) is -4.11. The zero-order chi connectivity index (χ0) is 19.9. The van der Waals surface area contributed by atoms with Crippen molar-refractivity contribution in [2.45, 2.75) is 38.0 Å². The third kappa shape index (κ3) is 3.67. The van der Waals surface area contributed by atoms with Gasteiger partial charge in [-0.3, -0.25) is 19.6 Å². The van der Waals surface area contributed by atoms with Crippen LogP contribution in [0.15, 0.2) is 23.1 Å². The van der Waals surface area contributed by atoms with Crippen LogP contribution in [0.4, 0.5) is 10.7 Å². The largest absolute Gasteiger partial charge is 0.365 e. The highest BCUT2D eigenvalue weighted by Crippen LogP contribution is 2.40. The second-order valence-electron chi connectivity index (χ2n) is 6.73. The Balaban J connectivity index is 2.03. The highest BCUT2D eigenvalue weighted by atomic mass is 32.2. The van der Waals surface area contributed by atoms with Gasteiger partial charge in [-0.25, -0.2) is 8.42 Å². The molecule has 1 heterocycles. The number of fused-ring (bicyclic) bond motifs is 1. The van der Waals surface area contributed by atoms with Crippen LogP contribution in [0.2, 0.25) is 0 Å². The van der Waals surface area contributed by atoms with Crippen molar-refractivity contribution in [3.63, 3.8) is 0 Å². The zero-order valence-electron chi connectivity index (χ0n) is 14.8. The number of nitro benzene ring substituents is 1. The van der Waals surface area contributed by atoms with Gasteiger partial charge in [0.1, 0.15) is 5.00 Å². The number of carbonyl (C=O) groups excluding carboxylic acids is 1. The van der Waals surface area contributed by atoms with Crippen molar-refractivity contribution in [3.05, 3.63) is 49.9 Å². The molecule has 3 rings (SSSR count). The highest BCUT2D eigenvalue weighted by molar-refractivity contribution is 7.93. The SMILES string of the molecule is Cc1ccc(S(=O)(=O)Nc2sc3c(c2C(N)=O)CCC(C)C3)cc1[N+](=O)[O-]. The summed E-state index contributed by atoms with van der Waals surface area (Å²) in [4.78, 5) is 23.1. The van der Waals surface area contributed by atoms with E-state index in [4.69, 9.17) is 5.73 Å². The van der Waals surface area contributed by atoms with E-state index >= 15 is 0 Å². The van der Waals surface area contributed by atoms with Gasteiger partial charge in [-0.2, -0.15) is 0 Å². The number of anilines is 1. The van der Waals surface area contributed by atoms with Gasteiger partial charge in [-0.15, -0.1) is 11.3 Å². The van der Waals surface area contributed by atoms with Gasteiger partial charge in [0.05, 0.1) is 15.4 Å². The summed E-state index contributed by atoms with van der Waals surface area (Å²) in [5.41, 5.74) is 6.58. The number of nitrogens with zero attached hydrogens (tertiary/aromatic N) is 1. The second-order valence-corrected chi connectivity index (χ2v) is 9.52. The van der Waals surface area contributed by atoms with Gasteiger partial charge in [-0.1, -0.05) is 13.0 Å². The molecule has 3 N–H and O–H groups in total. The Kier molecular flexibility index (Phi) is 4.96. The molecule has 0 aliphatic heterocycles. The van der Waals surface area contributed by atoms with Crippen LogP contribution in [0, 0.1) is 23.0 Å². The molecule has 1 aromatic carbocycles. The van der Waals surface area contributed by atoms with E-state index in [1.807, 2.05) is 0 Å². The fourth-order valence-corrected chi connectivity index (χ4v) is 5.96. The van der Waals surface area contributed by atoms with Crippen molar-refractivity contribution in [1.82, 2.24) is 0 Å². The Bertz CT molecular complexity index is 1040. The molecule has 1 aliphatic rings. The minimum absolute atomic E-state index is 0.171. The fourth-order valence-electron chi connectivity index (χ4n) is 3.22. The topological polar surface area (TPSA) is 132 Å². The minimum atomic E-state index is -4.11. The predicted molar refractivity (Wildman–Crippen MR) is 103 cm³/mol. The third-order valence-electron chi connectivity index (χ3n) is 4.67. The predicted octanol–water partition coefficient (Wildman–Crippen LogP) is 2.99. The van der Waals surface area contributed by atoms with E-state index in [0.717, 1.165) is 29.3 Å². The lowest BCUT2D eigenvalue weighted by molar-refractivity contribution is -0.385. The minimum Gasteiger partial charge on any atom is -0.365 e. The second kappa shape index (κ2) is 6.93. The maximum absolute atomic E-state index is 12.8. The molecule has 0 saturated carbocycles. The molecule has 0 saturated heterocycles. The molecule has 144 valence electrons. The van der Waals surface area contributed by atoms with E-state index in [2.05, 4.69) is 11.6 Å². The molecule has 10 heteroatoms.